The summed E-state index contributed by atoms with van der Waals surface area (Å²) in [5.41, 5.74) is 1.16. The standard InChI is InChI=1S/C13H17Br2NO/c1-17-11-4-2-3-10(8-11)16-13-6-5-9(14)7-12(13)15/h5-7,10-11,16H,2-4,8H2,1H3. The van der Waals surface area contributed by atoms with Gasteiger partial charge in [0.2, 0.25) is 0 Å². The van der Waals surface area contributed by atoms with Gasteiger partial charge in [0.05, 0.1) is 6.10 Å². The molecule has 0 bridgehead atoms. The summed E-state index contributed by atoms with van der Waals surface area (Å²) < 4.78 is 7.64. The fraction of sp³-hybridized carbons (Fsp3) is 0.538. The maximum atomic E-state index is 5.45. The first kappa shape index (κ1) is 13.4. The van der Waals surface area contributed by atoms with Crippen LogP contribution in [-0.2, 0) is 4.74 Å². The second-order valence-electron chi connectivity index (χ2n) is 4.49. The Morgan fingerprint density at radius 2 is 2.12 bits per heavy atom. The summed E-state index contributed by atoms with van der Waals surface area (Å²) in [6.07, 6.45) is 5.16. The number of anilines is 1. The van der Waals surface area contributed by atoms with Gasteiger partial charge < -0.3 is 10.1 Å². The summed E-state index contributed by atoms with van der Waals surface area (Å²) in [5, 5.41) is 3.59. The van der Waals surface area contributed by atoms with Crippen LogP contribution in [0.2, 0.25) is 0 Å². The molecule has 1 aromatic carbocycles. The average Bonchev–Trinajstić information content (AvgIpc) is 2.33. The van der Waals surface area contributed by atoms with E-state index < -0.39 is 0 Å². The normalized spacial score (nSPS) is 24.6. The Morgan fingerprint density at radius 3 is 2.82 bits per heavy atom. The molecule has 2 nitrogen and oxygen atoms in total. The monoisotopic (exact) mass is 361 g/mol. The van der Waals surface area contributed by atoms with Crippen molar-refractivity contribution >= 4 is 37.5 Å². The molecule has 4 heteroatoms. The Bertz CT molecular complexity index is 384. The van der Waals surface area contributed by atoms with Gasteiger partial charge in [-0.1, -0.05) is 15.9 Å². The van der Waals surface area contributed by atoms with E-state index in [4.69, 9.17) is 4.74 Å². The first-order valence-corrected chi connectivity index (χ1v) is 7.52. The van der Waals surface area contributed by atoms with E-state index in [0.717, 1.165) is 21.1 Å². The zero-order valence-electron chi connectivity index (χ0n) is 9.88. The Labute approximate surface area is 119 Å². The molecule has 0 spiro atoms. The molecule has 2 rings (SSSR count). The summed E-state index contributed by atoms with van der Waals surface area (Å²) >= 11 is 7.05. The van der Waals surface area contributed by atoms with Crippen molar-refractivity contribution in [3.05, 3.63) is 27.1 Å². The molecule has 0 saturated heterocycles. The van der Waals surface area contributed by atoms with Gasteiger partial charge in [-0.25, -0.2) is 0 Å². The lowest BCUT2D eigenvalue weighted by Crippen LogP contribution is -2.31. The maximum absolute atomic E-state index is 5.45. The second kappa shape index (κ2) is 6.21. The zero-order chi connectivity index (χ0) is 12.3. The third-order valence-corrected chi connectivity index (χ3v) is 4.40. The van der Waals surface area contributed by atoms with Crippen molar-refractivity contribution < 1.29 is 4.74 Å². The van der Waals surface area contributed by atoms with Crippen LogP contribution in [0.5, 0.6) is 0 Å². The van der Waals surface area contributed by atoms with Crippen LogP contribution < -0.4 is 5.32 Å². The van der Waals surface area contributed by atoms with Gasteiger partial charge in [-0.05, 0) is 59.8 Å². The first-order valence-electron chi connectivity index (χ1n) is 5.93. The number of ether oxygens (including phenoxy) is 1. The number of hydrogen-bond donors (Lipinski definition) is 1. The van der Waals surface area contributed by atoms with Crippen LogP contribution in [0.15, 0.2) is 27.1 Å². The predicted molar refractivity (Wildman–Crippen MR) is 78.5 cm³/mol. The van der Waals surface area contributed by atoms with Crippen molar-refractivity contribution in [3.63, 3.8) is 0 Å². The maximum Gasteiger partial charge on any atom is 0.0590 e. The summed E-state index contributed by atoms with van der Waals surface area (Å²) in [6.45, 7) is 0. The van der Waals surface area contributed by atoms with E-state index in [2.05, 4.69) is 55.4 Å². The molecule has 0 aromatic heterocycles. The number of methoxy groups -OCH3 is 1. The molecule has 0 radical (unpaired) electrons. The highest BCUT2D eigenvalue weighted by Gasteiger charge is 2.21. The zero-order valence-corrected chi connectivity index (χ0v) is 13.1. The van der Waals surface area contributed by atoms with Crippen molar-refractivity contribution in [1.82, 2.24) is 0 Å². The molecule has 0 heterocycles. The van der Waals surface area contributed by atoms with E-state index in [9.17, 15) is 0 Å². The number of hydrogen-bond acceptors (Lipinski definition) is 2. The number of rotatable bonds is 3. The molecule has 1 aromatic rings. The molecular weight excluding hydrogens is 346 g/mol. The number of nitrogens with one attached hydrogen (secondary N) is 1. The van der Waals surface area contributed by atoms with Gasteiger partial charge in [-0.3, -0.25) is 0 Å². The minimum absolute atomic E-state index is 0.412. The van der Waals surface area contributed by atoms with E-state index in [1.807, 2.05) is 7.11 Å². The molecule has 1 saturated carbocycles. The predicted octanol–water partition coefficient (Wildman–Crippen LogP) is 4.58. The van der Waals surface area contributed by atoms with Crippen LogP contribution in [-0.4, -0.2) is 19.3 Å². The van der Waals surface area contributed by atoms with Gasteiger partial charge >= 0.3 is 0 Å². The summed E-state index contributed by atoms with van der Waals surface area (Å²) in [6, 6.07) is 6.75. The molecule has 2 unspecified atom stereocenters. The summed E-state index contributed by atoms with van der Waals surface area (Å²) in [7, 11) is 1.81. The smallest absolute Gasteiger partial charge is 0.0590 e. The third kappa shape index (κ3) is 3.70. The van der Waals surface area contributed by atoms with Gasteiger partial charge in [-0.2, -0.15) is 0 Å². The van der Waals surface area contributed by atoms with Crippen molar-refractivity contribution in [2.75, 3.05) is 12.4 Å². The number of halogens is 2. The Kier molecular flexibility index (Phi) is 4.88. The van der Waals surface area contributed by atoms with E-state index in [1.165, 1.54) is 19.3 Å². The number of benzene rings is 1. The van der Waals surface area contributed by atoms with E-state index >= 15 is 0 Å². The summed E-state index contributed by atoms with van der Waals surface area (Å²) in [4.78, 5) is 0. The average molecular weight is 363 g/mol. The minimum Gasteiger partial charge on any atom is -0.381 e. The van der Waals surface area contributed by atoms with Gasteiger partial charge in [0.25, 0.3) is 0 Å². The van der Waals surface area contributed by atoms with Crippen LogP contribution in [0.3, 0.4) is 0 Å². The molecule has 0 amide bonds. The molecule has 1 N–H and O–H groups in total. The fourth-order valence-corrected chi connectivity index (χ4v) is 3.48. The second-order valence-corrected chi connectivity index (χ2v) is 6.26. The third-order valence-electron chi connectivity index (χ3n) is 3.25. The van der Waals surface area contributed by atoms with Crippen molar-refractivity contribution in [3.8, 4) is 0 Å². The molecule has 1 aliphatic rings. The van der Waals surface area contributed by atoms with Crippen LogP contribution in [0.25, 0.3) is 0 Å². The Hall–Kier alpha value is -0.0600. The van der Waals surface area contributed by atoms with Crippen molar-refractivity contribution in [2.24, 2.45) is 0 Å². The van der Waals surface area contributed by atoms with E-state index in [-0.39, 0.29) is 0 Å². The van der Waals surface area contributed by atoms with Crippen LogP contribution in [0, 0.1) is 0 Å². The lowest BCUT2D eigenvalue weighted by atomic mass is 9.92. The molecule has 2 atom stereocenters. The lowest BCUT2D eigenvalue weighted by Gasteiger charge is -2.29. The Balaban J connectivity index is 2.00. The quantitative estimate of drug-likeness (QED) is 0.849. The van der Waals surface area contributed by atoms with Crippen molar-refractivity contribution in [2.45, 2.75) is 37.8 Å². The van der Waals surface area contributed by atoms with Gasteiger partial charge in [0.1, 0.15) is 0 Å². The molecule has 1 aliphatic carbocycles. The highest BCUT2D eigenvalue weighted by Crippen LogP contribution is 2.29. The molecular formula is C13H17Br2NO. The van der Waals surface area contributed by atoms with Gasteiger partial charge in [0.15, 0.2) is 0 Å². The SMILES string of the molecule is COC1CCCC(Nc2ccc(Br)cc2Br)C1. The van der Waals surface area contributed by atoms with E-state index in [0.29, 0.717) is 12.1 Å². The van der Waals surface area contributed by atoms with Crippen molar-refractivity contribution in [1.29, 1.82) is 0 Å². The highest BCUT2D eigenvalue weighted by molar-refractivity contribution is 9.11. The fourth-order valence-electron chi connectivity index (χ4n) is 2.32. The molecule has 0 aliphatic heterocycles. The highest BCUT2D eigenvalue weighted by atomic mass is 79.9. The molecule has 1 fully saturated rings. The largest absolute Gasteiger partial charge is 0.381 e. The van der Waals surface area contributed by atoms with Crippen LogP contribution in [0.1, 0.15) is 25.7 Å². The van der Waals surface area contributed by atoms with Gasteiger partial charge in [0, 0.05) is 27.8 Å². The summed E-state index contributed by atoms with van der Waals surface area (Å²) in [5.74, 6) is 0. The molecule has 94 valence electrons. The first-order chi connectivity index (χ1) is 8.19. The van der Waals surface area contributed by atoms with E-state index in [1.54, 1.807) is 0 Å². The van der Waals surface area contributed by atoms with Crippen LogP contribution >= 0.6 is 31.9 Å². The van der Waals surface area contributed by atoms with Gasteiger partial charge in [-0.15, -0.1) is 0 Å². The Morgan fingerprint density at radius 1 is 1.29 bits per heavy atom. The lowest BCUT2D eigenvalue weighted by molar-refractivity contribution is 0.0669. The minimum atomic E-state index is 0.412. The van der Waals surface area contributed by atoms with Crippen LogP contribution in [0.4, 0.5) is 5.69 Å². The molecule has 17 heavy (non-hydrogen) atoms. The topological polar surface area (TPSA) is 21.3 Å².